The molecule has 2 rings (SSSR count). The summed E-state index contributed by atoms with van der Waals surface area (Å²) in [5.41, 5.74) is 2.50. The molecule has 0 bridgehead atoms. The second-order valence-corrected chi connectivity index (χ2v) is 5.35. The fourth-order valence-electron chi connectivity index (χ4n) is 1.64. The third-order valence-corrected chi connectivity index (χ3v) is 2.93. The molecule has 0 saturated heterocycles. The average Bonchev–Trinajstić information content (AvgIpc) is 2.76. The van der Waals surface area contributed by atoms with Crippen molar-refractivity contribution in [1.29, 1.82) is 0 Å². The van der Waals surface area contributed by atoms with E-state index in [9.17, 15) is 0 Å². The van der Waals surface area contributed by atoms with Crippen LogP contribution in [0, 0.1) is 0 Å². The van der Waals surface area contributed by atoms with Crippen molar-refractivity contribution in [3.8, 4) is 11.3 Å². The van der Waals surface area contributed by atoms with Crippen LogP contribution in [0.25, 0.3) is 11.3 Å². The van der Waals surface area contributed by atoms with Crippen LogP contribution >= 0.6 is 11.6 Å². The Morgan fingerprint density at radius 2 is 1.82 bits per heavy atom. The molecule has 3 heteroatoms. The minimum absolute atomic E-state index is 0.168. The summed E-state index contributed by atoms with van der Waals surface area (Å²) in [5, 5.41) is 0. The number of nitrogens with zero attached hydrogens (tertiary/aromatic N) is 1. The van der Waals surface area contributed by atoms with Gasteiger partial charge in [-0.1, -0.05) is 45.0 Å². The predicted octanol–water partition coefficient (Wildman–Crippen LogP) is 4.38. The molecule has 0 spiro atoms. The summed E-state index contributed by atoms with van der Waals surface area (Å²) in [6.45, 7) is 6.59. The first-order chi connectivity index (χ1) is 8.00. The molecule has 1 aromatic heterocycles. The van der Waals surface area contributed by atoms with Gasteiger partial charge >= 0.3 is 0 Å². The Hall–Kier alpha value is -1.28. The Morgan fingerprint density at radius 1 is 1.18 bits per heavy atom. The zero-order chi connectivity index (χ0) is 12.5. The van der Waals surface area contributed by atoms with E-state index in [-0.39, 0.29) is 5.41 Å². The summed E-state index contributed by atoms with van der Waals surface area (Å²) in [6, 6.07) is 8.36. The fraction of sp³-hybridized carbons (Fsp3) is 0.357. The largest absolute Gasteiger partial charge is 0.439 e. The molecule has 2 aromatic rings. The van der Waals surface area contributed by atoms with Crippen molar-refractivity contribution in [2.75, 3.05) is 0 Å². The Kier molecular flexibility index (Phi) is 3.25. The number of alkyl halides is 1. The molecular formula is C14H16ClNO. The number of rotatable bonds is 2. The first-order valence-corrected chi connectivity index (χ1v) is 6.16. The normalized spacial score (nSPS) is 11.8. The average molecular weight is 250 g/mol. The van der Waals surface area contributed by atoms with E-state index in [4.69, 9.17) is 16.0 Å². The number of benzene rings is 1. The van der Waals surface area contributed by atoms with Gasteiger partial charge in [0.2, 0.25) is 5.89 Å². The van der Waals surface area contributed by atoms with Crippen molar-refractivity contribution in [3.63, 3.8) is 0 Å². The van der Waals surface area contributed by atoms with Crippen molar-refractivity contribution in [2.24, 2.45) is 0 Å². The Balaban J connectivity index is 2.29. The van der Waals surface area contributed by atoms with Crippen LogP contribution in [0.2, 0.25) is 0 Å². The maximum Gasteiger partial charge on any atom is 0.209 e. The third-order valence-electron chi connectivity index (χ3n) is 2.70. The van der Waals surface area contributed by atoms with Crippen LogP contribution in [0.4, 0.5) is 0 Å². The molecule has 0 N–H and O–H groups in total. The SMILES string of the molecule is CC(C)(C)c1ccc(-c2cnc(CCl)o2)cc1. The second kappa shape index (κ2) is 4.53. The lowest BCUT2D eigenvalue weighted by molar-refractivity contribution is 0.528. The number of oxazole rings is 1. The van der Waals surface area contributed by atoms with Crippen LogP contribution in [-0.4, -0.2) is 4.98 Å². The molecule has 0 unspecified atom stereocenters. The van der Waals surface area contributed by atoms with E-state index in [1.54, 1.807) is 6.20 Å². The van der Waals surface area contributed by atoms with Crippen LogP contribution in [0.15, 0.2) is 34.9 Å². The summed E-state index contributed by atoms with van der Waals surface area (Å²) in [6.07, 6.45) is 1.71. The van der Waals surface area contributed by atoms with Gasteiger partial charge in [0.1, 0.15) is 0 Å². The van der Waals surface area contributed by atoms with Gasteiger partial charge < -0.3 is 4.42 Å². The zero-order valence-electron chi connectivity index (χ0n) is 10.3. The lowest BCUT2D eigenvalue weighted by Crippen LogP contribution is -2.10. The molecule has 0 radical (unpaired) electrons. The van der Waals surface area contributed by atoms with E-state index in [0.29, 0.717) is 11.8 Å². The smallest absolute Gasteiger partial charge is 0.209 e. The Labute approximate surface area is 107 Å². The standard InChI is InChI=1S/C14H16ClNO/c1-14(2,3)11-6-4-10(5-7-11)12-9-16-13(8-15)17-12/h4-7,9H,8H2,1-3H3. The molecule has 2 nitrogen and oxygen atoms in total. The number of halogens is 1. The lowest BCUT2D eigenvalue weighted by atomic mass is 9.86. The van der Waals surface area contributed by atoms with E-state index in [0.717, 1.165) is 11.3 Å². The van der Waals surface area contributed by atoms with E-state index >= 15 is 0 Å². The highest BCUT2D eigenvalue weighted by atomic mass is 35.5. The summed E-state index contributed by atoms with van der Waals surface area (Å²) in [7, 11) is 0. The maximum absolute atomic E-state index is 5.66. The molecule has 0 saturated carbocycles. The van der Waals surface area contributed by atoms with Gasteiger partial charge in [-0.05, 0) is 11.0 Å². The van der Waals surface area contributed by atoms with Crippen LogP contribution in [0.3, 0.4) is 0 Å². The molecule has 17 heavy (non-hydrogen) atoms. The Morgan fingerprint density at radius 3 is 2.29 bits per heavy atom. The first kappa shape index (κ1) is 12.2. The minimum Gasteiger partial charge on any atom is -0.439 e. The molecule has 1 heterocycles. The minimum atomic E-state index is 0.168. The van der Waals surface area contributed by atoms with Crippen molar-refractivity contribution in [3.05, 3.63) is 41.9 Å². The van der Waals surface area contributed by atoms with Gasteiger partial charge in [0.05, 0.1) is 12.1 Å². The van der Waals surface area contributed by atoms with Gasteiger partial charge in [0.15, 0.2) is 5.76 Å². The molecule has 0 aliphatic rings. The van der Waals surface area contributed by atoms with E-state index < -0.39 is 0 Å². The third kappa shape index (κ3) is 2.70. The molecule has 0 atom stereocenters. The summed E-state index contributed by atoms with van der Waals surface area (Å²) >= 11 is 5.66. The van der Waals surface area contributed by atoms with Gasteiger partial charge in [0.25, 0.3) is 0 Å². The van der Waals surface area contributed by atoms with Gasteiger partial charge in [-0.25, -0.2) is 4.98 Å². The van der Waals surface area contributed by atoms with Crippen molar-refractivity contribution in [1.82, 2.24) is 4.98 Å². The summed E-state index contributed by atoms with van der Waals surface area (Å²) < 4.78 is 5.50. The maximum atomic E-state index is 5.66. The van der Waals surface area contributed by atoms with Crippen LogP contribution in [0.1, 0.15) is 32.2 Å². The monoisotopic (exact) mass is 249 g/mol. The summed E-state index contributed by atoms with van der Waals surface area (Å²) in [5.74, 6) is 1.63. The second-order valence-electron chi connectivity index (χ2n) is 5.08. The van der Waals surface area contributed by atoms with Gasteiger partial charge in [-0.15, -0.1) is 11.6 Å². The molecule has 0 aliphatic carbocycles. The lowest BCUT2D eigenvalue weighted by Gasteiger charge is -2.18. The van der Waals surface area contributed by atoms with Gasteiger partial charge in [0, 0.05) is 5.56 Å². The number of hydrogen-bond donors (Lipinski definition) is 0. The van der Waals surface area contributed by atoms with Gasteiger partial charge in [-0.3, -0.25) is 0 Å². The van der Waals surface area contributed by atoms with Crippen LogP contribution in [-0.2, 0) is 11.3 Å². The van der Waals surface area contributed by atoms with E-state index in [1.165, 1.54) is 5.56 Å². The van der Waals surface area contributed by atoms with E-state index in [2.05, 4.69) is 50.0 Å². The van der Waals surface area contributed by atoms with Gasteiger partial charge in [-0.2, -0.15) is 0 Å². The van der Waals surface area contributed by atoms with Crippen molar-refractivity contribution < 1.29 is 4.42 Å². The van der Waals surface area contributed by atoms with Crippen molar-refractivity contribution in [2.45, 2.75) is 32.1 Å². The molecule has 0 fully saturated rings. The molecule has 0 amide bonds. The predicted molar refractivity (Wildman–Crippen MR) is 70.2 cm³/mol. The highest BCUT2D eigenvalue weighted by Crippen LogP contribution is 2.26. The topological polar surface area (TPSA) is 26.0 Å². The highest BCUT2D eigenvalue weighted by molar-refractivity contribution is 6.16. The quantitative estimate of drug-likeness (QED) is 0.739. The Bertz CT molecular complexity index is 494. The van der Waals surface area contributed by atoms with Crippen molar-refractivity contribution >= 4 is 11.6 Å². The fourth-order valence-corrected chi connectivity index (χ4v) is 1.76. The molecular weight excluding hydrogens is 234 g/mol. The van der Waals surface area contributed by atoms with Crippen LogP contribution < -0.4 is 0 Å². The summed E-state index contributed by atoms with van der Waals surface area (Å²) in [4.78, 5) is 4.08. The number of hydrogen-bond acceptors (Lipinski definition) is 2. The molecule has 0 aliphatic heterocycles. The first-order valence-electron chi connectivity index (χ1n) is 5.62. The zero-order valence-corrected chi connectivity index (χ0v) is 11.1. The van der Waals surface area contributed by atoms with E-state index in [1.807, 2.05) is 0 Å². The molecule has 1 aromatic carbocycles. The number of aromatic nitrogens is 1. The molecule has 90 valence electrons. The highest BCUT2D eigenvalue weighted by Gasteiger charge is 2.13. The van der Waals surface area contributed by atoms with Crippen LogP contribution in [0.5, 0.6) is 0 Å².